The number of ether oxygens (including phenoxy) is 1. The largest absolute Gasteiger partial charge is 0.497 e. The molecule has 0 aliphatic carbocycles. The van der Waals surface area contributed by atoms with Gasteiger partial charge >= 0.3 is 0 Å². The zero-order valence-corrected chi connectivity index (χ0v) is 14.7. The Bertz CT molecular complexity index is 936. The molecule has 4 rings (SSSR count). The summed E-state index contributed by atoms with van der Waals surface area (Å²) in [5.41, 5.74) is 2.78. The molecule has 3 aromatic rings. The van der Waals surface area contributed by atoms with Gasteiger partial charge in [0.05, 0.1) is 18.7 Å². The molecule has 0 N–H and O–H groups in total. The molecule has 1 aliphatic heterocycles. The number of nitrogens with zero attached hydrogens (tertiary/aromatic N) is 3. The predicted molar refractivity (Wildman–Crippen MR) is 97.2 cm³/mol. The lowest BCUT2D eigenvalue weighted by atomic mass is 10.1. The molecule has 2 heterocycles. The third kappa shape index (κ3) is 2.94. The third-order valence-corrected chi connectivity index (χ3v) is 4.66. The summed E-state index contributed by atoms with van der Waals surface area (Å²) in [4.78, 5) is 18.9. The van der Waals surface area contributed by atoms with Crippen LogP contribution in [0.15, 0.2) is 53.1 Å². The predicted octanol–water partition coefficient (Wildman–Crippen LogP) is 3.57. The smallest absolute Gasteiger partial charge is 0.232 e. The number of hydrogen-bond donors (Lipinski definition) is 0. The van der Waals surface area contributed by atoms with Crippen LogP contribution in [0.2, 0.25) is 0 Å². The molecule has 1 unspecified atom stereocenters. The molecular weight excluding hydrogens is 330 g/mol. The number of amides is 1. The standard InChI is InChI=1S/C20H19N3O3/c1-13-8-9-16(25-2)11-17(13)23-12-15(10-18(23)24)20-21-19(22-26-20)14-6-4-3-5-7-14/h3-9,11,15H,10,12H2,1-2H3. The first-order valence-electron chi connectivity index (χ1n) is 8.49. The van der Waals surface area contributed by atoms with Gasteiger partial charge in [-0.15, -0.1) is 0 Å². The van der Waals surface area contributed by atoms with Crippen molar-refractivity contribution >= 4 is 11.6 Å². The maximum atomic E-state index is 12.6. The average molecular weight is 349 g/mol. The summed E-state index contributed by atoms with van der Waals surface area (Å²) in [6.07, 6.45) is 0.354. The van der Waals surface area contributed by atoms with E-state index >= 15 is 0 Å². The van der Waals surface area contributed by atoms with Crippen molar-refractivity contribution in [2.75, 3.05) is 18.6 Å². The number of hydrogen-bond acceptors (Lipinski definition) is 5. The first kappa shape index (κ1) is 16.3. The van der Waals surface area contributed by atoms with Crippen molar-refractivity contribution in [2.45, 2.75) is 19.3 Å². The van der Waals surface area contributed by atoms with E-state index in [1.165, 1.54) is 0 Å². The number of methoxy groups -OCH3 is 1. The van der Waals surface area contributed by atoms with Gasteiger partial charge < -0.3 is 14.2 Å². The fourth-order valence-corrected chi connectivity index (χ4v) is 3.22. The van der Waals surface area contributed by atoms with Crippen LogP contribution in [0.4, 0.5) is 5.69 Å². The van der Waals surface area contributed by atoms with E-state index in [0.29, 0.717) is 24.7 Å². The van der Waals surface area contributed by atoms with Gasteiger partial charge in [0.25, 0.3) is 0 Å². The maximum absolute atomic E-state index is 12.6. The lowest BCUT2D eigenvalue weighted by Crippen LogP contribution is -2.25. The summed E-state index contributed by atoms with van der Waals surface area (Å²) >= 11 is 0. The second kappa shape index (κ2) is 6.63. The number of benzene rings is 2. The van der Waals surface area contributed by atoms with Crippen molar-refractivity contribution in [3.8, 4) is 17.1 Å². The van der Waals surface area contributed by atoms with Crippen LogP contribution >= 0.6 is 0 Å². The molecule has 6 heteroatoms. The maximum Gasteiger partial charge on any atom is 0.232 e. The highest BCUT2D eigenvalue weighted by atomic mass is 16.5. The van der Waals surface area contributed by atoms with Gasteiger partial charge in [-0.1, -0.05) is 41.6 Å². The van der Waals surface area contributed by atoms with Gasteiger partial charge in [0.2, 0.25) is 17.6 Å². The molecule has 26 heavy (non-hydrogen) atoms. The van der Waals surface area contributed by atoms with E-state index in [1.807, 2.05) is 55.5 Å². The van der Waals surface area contributed by atoms with Crippen molar-refractivity contribution in [2.24, 2.45) is 0 Å². The van der Waals surface area contributed by atoms with Gasteiger partial charge in [0.15, 0.2) is 0 Å². The van der Waals surface area contributed by atoms with Gasteiger partial charge in [-0.3, -0.25) is 4.79 Å². The van der Waals surface area contributed by atoms with E-state index in [0.717, 1.165) is 22.6 Å². The van der Waals surface area contributed by atoms with E-state index in [9.17, 15) is 4.79 Å². The van der Waals surface area contributed by atoms with Crippen LogP contribution in [0.25, 0.3) is 11.4 Å². The van der Waals surface area contributed by atoms with Crippen molar-refractivity contribution in [1.82, 2.24) is 10.1 Å². The third-order valence-electron chi connectivity index (χ3n) is 4.66. The highest BCUT2D eigenvalue weighted by Gasteiger charge is 2.35. The fourth-order valence-electron chi connectivity index (χ4n) is 3.22. The molecule has 1 saturated heterocycles. The van der Waals surface area contributed by atoms with Crippen LogP contribution in [0, 0.1) is 6.92 Å². The minimum atomic E-state index is -0.113. The molecule has 1 fully saturated rings. The zero-order chi connectivity index (χ0) is 18.1. The van der Waals surface area contributed by atoms with Gasteiger partial charge in [-0.05, 0) is 18.6 Å². The van der Waals surface area contributed by atoms with E-state index in [-0.39, 0.29) is 11.8 Å². The number of anilines is 1. The first-order valence-corrected chi connectivity index (χ1v) is 8.49. The Hall–Kier alpha value is -3.15. The Balaban J connectivity index is 1.58. The minimum Gasteiger partial charge on any atom is -0.497 e. The number of carbonyl (C=O) groups is 1. The van der Waals surface area contributed by atoms with E-state index in [4.69, 9.17) is 9.26 Å². The minimum absolute atomic E-state index is 0.0471. The van der Waals surface area contributed by atoms with Crippen molar-refractivity contribution in [3.63, 3.8) is 0 Å². The zero-order valence-electron chi connectivity index (χ0n) is 14.7. The second-order valence-electron chi connectivity index (χ2n) is 6.38. The molecule has 1 atom stereocenters. The quantitative estimate of drug-likeness (QED) is 0.720. The molecule has 0 saturated carbocycles. The molecular formula is C20H19N3O3. The van der Waals surface area contributed by atoms with Crippen LogP contribution in [0.1, 0.15) is 23.8 Å². The molecule has 0 spiro atoms. The van der Waals surface area contributed by atoms with Crippen molar-refractivity contribution in [3.05, 3.63) is 60.0 Å². The highest BCUT2D eigenvalue weighted by Crippen LogP contribution is 2.35. The van der Waals surface area contributed by atoms with Crippen LogP contribution in [-0.2, 0) is 4.79 Å². The Morgan fingerprint density at radius 2 is 2.00 bits per heavy atom. The summed E-state index contributed by atoms with van der Waals surface area (Å²) in [6, 6.07) is 15.4. The molecule has 1 aromatic heterocycles. The summed E-state index contributed by atoms with van der Waals surface area (Å²) in [5, 5.41) is 4.06. The Morgan fingerprint density at radius 3 is 2.77 bits per heavy atom. The summed E-state index contributed by atoms with van der Waals surface area (Å²) < 4.78 is 10.7. The monoisotopic (exact) mass is 349 g/mol. The van der Waals surface area contributed by atoms with Gasteiger partial charge in [-0.25, -0.2) is 0 Å². The molecule has 1 amide bonds. The Kier molecular flexibility index (Phi) is 4.16. The van der Waals surface area contributed by atoms with E-state index in [1.54, 1.807) is 12.0 Å². The molecule has 2 aromatic carbocycles. The summed E-state index contributed by atoms with van der Waals surface area (Å²) in [7, 11) is 1.62. The van der Waals surface area contributed by atoms with Crippen molar-refractivity contribution < 1.29 is 14.1 Å². The number of aromatic nitrogens is 2. The Labute approximate surface area is 151 Å². The molecule has 0 radical (unpaired) electrons. The second-order valence-corrected chi connectivity index (χ2v) is 6.38. The molecule has 1 aliphatic rings. The highest BCUT2D eigenvalue weighted by molar-refractivity contribution is 5.97. The van der Waals surface area contributed by atoms with Gasteiger partial charge in [-0.2, -0.15) is 4.98 Å². The van der Waals surface area contributed by atoms with Crippen LogP contribution in [0.5, 0.6) is 5.75 Å². The summed E-state index contributed by atoms with van der Waals surface area (Å²) in [6.45, 7) is 2.50. The van der Waals surface area contributed by atoms with E-state index < -0.39 is 0 Å². The van der Waals surface area contributed by atoms with Gasteiger partial charge in [0, 0.05) is 24.6 Å². The van der Waals surface area contributed by atoms with E-state index in [2.05, 4.69) is 10.1 Å². The molecule has 0 bridgehead atoms. The van der Waals surface area contributed by atoms with Gasteiger partial charge in [0.1, 0.15) is 5.75 Å². The van der Waals surface area contributed by atoms with Crippen LogP contribution in [-0.4, -0.2) is 29.7 Å². The van der Waals surface area contributed by atoms with Crippen LogP contribution in [0.3, 0.4) is 0 Å². The SMILES string of the molecule is COc1ccc(C)c(N2CC(c3nc(-c4ccccc4)no3)CC2=O)c1. The first-order chi connectivity index (χ1) is 12.7. The fraction of sp³-hybridized carbons (Fsp3) is 0.250. The number of rotatable bonds is 4. The topological polar surface area (TPSA) is 68.5 Å². The lowest BCUT2D eigenvalue weighted by Gasteiger charge is -2.19. The lowest BCUT2D eigenvalue weighted by molar-refractivity contribution is -0.117. The normalized spacial score (nSPS) is 16.9. The van der Waals surface area contributed by atoms with Crippen LogP contribution < -0.4 is 9.64 Å². The summed E-state index contributed by atoms with van der Waals surface area (Å²) in [5.74, 6) is 1.71. The average Bonchev–Trinajstić information content (AvgIpc) is 3.30. The molecule has 132 valence electrons. The number of carbonyl (C=O) groups excluding carboxylic acids is 1. The molecule has 6 nitrogen and oxygen atoms in total. The number of aryl methyl sites for hydroxylation is 1. The van der Waals surface area contributed by atoms with Crippen molar-refractivity contribution in [1.29, 1.82) is 0 Å². The Morgan fingerprint density at radius 1 is 1.19 bits per heavy atom.